The van der Waals surface area contributed by atoms with Gasteiger partial charge in [-0.2, -0.15) is 0 Å². The van der Waals surface area contributed by atoms with Crippen LogP contribution in [-0.2, 0) is 10.8 Å². The summed E-state index contributed by atoms with van der Waals surface area (Å²) < 4.78 is 0. The van der Waals surface area contributed by atoms with Crippen LogP contribution in [0.5, 0.6) is 17.2 Å². The molecule has 33 heavy (non-hydrogen) atoms. The van der Waals surface area contributed by atoms with Gasteiger partial charge in [-0.05, 0) is 96.5 Å². The molecule has 1 aliphatic carbocycles. The monoisotopic (exact) mass is 444 g/mol. The Morgan fingerprint density at radius 1 is 0.727 bits per heavy atom. The predicted octanol–water partition coefficient (Wildman–Crippen LogP) is 7.43. The van der Waals surface area contributed by atoms with Crippen LogP contribution in [0.25, 0.3) is 0 Å². The molecule has 1 unspecified atom stereocenters. The molecule has 0 aromatic heterocycles. The number of rotatable bonds is 7. The van der Waals surface area contributed by atoms with Gasteiger partial charge in [-0.1, -0.05) is 63.1 Å². The minimum Gasteiger partial charge on any atom is -0.508 e. The van der Waals surface area contributed by atoms with Crippen LogP contribution in [0.15, 0.2) is 72.8 Å². The minimum absolute atomic E-state index is 0.0692. The molecule has 1 fully saturated rings. The highest BCUT2D eigenvalue weighted by Gasteiger charge is 2.44. The van der Waals surface area contributed by atoms with Crippen LogP contribution < -0.4 is 0 Å². The maximum atomic E-state index is 9.87. The lowest BCUT2D eigenvalue weighted by atomic mass is 9.56. The number of benzene rings is 3. The number of phenols is 3. The number of aromatic hydroxyl groups is 3. The smallest absolute Gasteiger partial charge is 0.115 e. The summed E-state index contributed by atoms with van der Waals surface area (Å²) in [4.78, 5) is 0. The normalized spacial score (nSPS) is 18.0. The number of phenolic OH excluding ortho intramolecular Hbond substituents is 3. The summed E-state index contributed by atoms with van der Waals surface area (Å²) in [5, 5.41) is 29.6. The molecule has 0 saturated heterocycles. The highest BCUT2D eigenvalue weighted by atomic mass is 16.3. The molecule has 3 N–H and O–H groups in total. The molecule has 3 aromatic carbocycles. The summed E-state index contributed by atoms with van der Waals surface area (Å²) in [5.41, 5.74) is 3.72. The van der Waals surface area contributed by atoms with E-state index in [2.05, 4.69) is 50.2 Å². The van der Waals surface area contributed by atoms with Crippen LogP contribution >= 0.6 is 0 Å². The Hall–Kier alpha value is -2.94. The van der Waals surface area contributed by atoms with Crippen LogP contribution in [0, 0.1) is 5.92 Å². The molecule has 0 heterocycles. The molecule has 1 atom stereocenters. The number of hydrogen-bond donors (Lipinski definition) is 3. The average molecular weight is 445 g/mol. The summed E-state index contributed by atoms with van der Waals surface area (Å²) in [7, 11) is 0. The van der Waals surface area contributed by atoms with Crippen LogP contribution in [0.1, 0.15) is 75.5 Å². The zero-order valence-electron chi connectivity index (χ0n) is 19.8. The molecule has 0 amide bonds. The van der Waals surface area contributed by atoms with Crippen molar-refractivity contribution in [2.45, 2.75) is 69.6 Å². The van der Waals surface area contributed by atoms with Crippen molar-refractivity contribution in [1.29, 1.82) is 0 Å². The molecule has 3 nitrogen and oxygen atoms in total. The van der Waals surface area contributed by atoms with E-state index in [0.29, 0.717) is 11.7 Å². The van der Waals surface area contributed by atoms with Crippen LogP contribution in [0.4, 0.5) is 0 Å². The second-order valence-corrected chi connectivity index (χ2v) is 10.0. The summed E-state index contributed by atoms with van der Waals surface area (Å²) in [6.07, 6.45) is 7.75. The molecule has 4 rings (SSSR count). The van der Waals surface area contributed by atoms with E-state index in [1.54, 1.807) is 24.3 Å². The van der Waals surface area contributed by atoms with Crippen molar-refractivity contribution in [3.63, 3.8) is 0 Å². The first-order valence-corrected chi connectivity index (χ1v) is 12.3. The quantitative estimate of drug-likeness (QED) is 0.355. The first-order valence-electron chi connectivity index (χ1n) is 12.3. The number of hydrogen-bond acceptors (Lipinski definition) is 3. The van der Waals surface area contributed by atoms with E-state index in [-0.39, 0.29) is 22.3 Å². The van der Waals surface area contributed by atoms with Gasteiger partial charge in [-0.15, -0.1) is 0 Å². The zero-order valence-corrected chi connectivity index (χ0v) is 19.8. The standard InChI is InChI=1S/C30H36O3/c1-3-4-19-29(2,22-5-11-26(31)12-6-22)23-17-20-30(21-18-23,24-7-13-27(32)14-8-24)25-9-15-28(33)16-10-25/h5-16,23,31-33H,3-4,17-21H2,1-2H3. The van der Waals surface area contributed by atoms with E-state index < -0.39 is 0 Å². The van der Waals surface area contributed by atoms with Crippen molar-refractivity contribution in [2.24, 2.45) is 5.92 Å². The Morgan fingerprint density at radius 3 is 1.58 bits per heavy atom. The van der Waals surface area contributed by atoms with E-state index in [1.165, 1.54) is 29.5 Å². The van der Waals surface area contributed by atoms with Gasteiger partial charge in [-0.3, -0.25) is 0 Å². The molecule has 174 valence electrons. The Bertz CT molecular complexity index is 982. The molecular formula is C30H36O3. The highest BCUT2D eigenvalue weighted by Crippen LogP contribution is 2.52. The summed E-state index contributed by atoms with van der Waals surface area (Å²) in [6.45, 7) is 4.66. The minimum atomic E-state index is -0.126. The Morgan fingerprint density at radius 2 is 1.15 bits per heavy atom. The highest BCUT2D eigenvalue weighted by molar-refractivity contribution is 5.44. The molecule has 1 saturated carbocycles. The lowest BCUT2D eigenvalue weighted by Gasteiger charge is -2.47. The number of unbranched alkanes of at least 4 members (excludes halogenated alkanes) is 1. The van der Waals surface area contributed by atoms with Gasteiger partial charge in [0.2, 0.25) is 0 Å². The van der Waals surface area contributed by atoms with Crippen molar-refractivity contribution >= 4 is 0 Å². The third-order valence-corrected chi connectivity index (χ3v) is 8.16. The van der Waals surface area contributed by atoms with Crippen molar-refractivity contribution in [3.05, 3.63) is 89.5 Å². The maximum Gasteiger partial charge on any atom is 0.115 e. The average Bonchev–Trinajstić information content (AvgIpc) is 2.84. The first kappa shape index (κ1) is 23.2. The third-order valence-electron chi connectivity index (χ3n) is 8.16. The van der Waals surface area contributed by atoms with Gasteiger partial charge in [-0.25, -0.2) is 0 Å². The second kappa shape index (κ2) is 9.51. The van der Waals surface area contributed by atoms with E-state index in [0.717, 1.165) is 32.1 Å². The van der Waals surface area contributed by atoms with E-state index in [1.807, 2.05) is 12.1 Å². The Kier molecular flexibility index (Phi) is 6.69. The summed E-state index contributed by atoms with van der Waals surface area (Å²) in [6, 6.07) is 23.2. The van der Waals surface area contributed by atoms with E-state index in [4.69, 9.17) is 0 Å². The predicted molar refractivity (Wildman–Crippen MR) is 134 cm³/mol. The zero-order chi connectivity index (χ0) is 23.5. The molecular weight excluding hydrogens is 408 g/mol. The fraction of sp³-hybridized carbons (Fsp3) is 0.400. The summed E-state index contributed by atoms with van der Waals surface area (Å²) >= 11 is 0. The van der Waals surface area contributed by atoms with Crippen molar-refractivity contribution in [2.75, 3.05) is 0 Å². The first-order chi connectivity index (χ1) is 15.9. The molecule has 3 aromatic rings. The molecule has 0 spiro atoms. The van der Waals surface area contributed by atoms with Gasteiger partial charge < -0.3 is 15.3 Å². The van der Waals surface area contributed by atoms with E-state index in [9.17, 15) is 15.3 Å². The Labute approximate surface area is 197 Å². The largest absolute Gasteiger partial charge is 0.508 e. The fourth-order valence-electron chi connectivity index (χ4n) is 6.02. The van der Waals surface area contributed by atoms with Gasteiger partial charge in [0.15, 0.2) is 0 Å². The van der Waals surface area contributed by atoms with Gasteiger partial charge in [0.05, 0.1) is 0 Å². The van der Waals surface area contributed by atoms with E-state index >= 15 is 0 Å². The SMILES string of the molecule is CCCCC(C)(c1ccc(O)cc1)C1CCC(c2ccc(O)cc2)(c2ccc(O)cc2)CC1. The van der Waals surface area contributed by atoms with Crippen molar-refractivity contribution < 1.29 is 15.3 Å². The van der Waals surface area contributed by atoms with Crippen LogP contribution in [0.2, 0.25) is 0 Å². The molecule has 0 radical (unpaired) electrons. The van der Waals surface area contributed by atoms with Crippen LogP contribution in [-0.4, -0.2) is 15.3 Å². The topological polar surface area (TPSA) is 60.7 Å². The second-order valence-electron chi connectivity index (χ2n) is 10.0. The maximum absolute atomic E-state index is 9.87. The van der Waals surface area contributed by atoms with Gasteiger partial charge in [0.25, 0.3) is 0 Å². The van der Waals surface area contributed by atoms with Crippen LogP contribution in [0.3, 0.4) is 0 Å². The molecule has 3 heteroatoms. The van der Waals surface area contributed by atoms with Gasteiger partial charge in [0.1, 0.15) is 17.2 Å². The fourth-order valence-corrected chi connectivity index (χ4v) is 6.02. The molecule has 0 bridgehead atoms. The summed E-state index contributed by atoms with van der Waals surface area (Å²) in [5.74, 6) is 1.44. The molecule has 0 aliphatic heterocycles. The molecule has 1 aliphatic rings. The third kappa shape index (κ3) is 4.59. The van der Waals surface area contributed by atoms with Gasteiger partial charge >= 0.3 is 0 Å². The Balaban J connectivity index is 1.67. The van der Waals surface area contributed by atoms with Gasteiger partial charge in [0, 0.05) is 5.41 Å². The van der Waals surface area contributed by atoms with Crippen molar-refractivity contribution in [1.82, 2.24) is 0 Å². The lowest BCUT2D eigenvalue weighted by Crippen LogP contribution is -2.40. The van der Waals surface area contributed by atoms with Crippen molar-refractivity contribution in [3.8, 4) is 17.2 Å². The lowest BCUT2D eigenvalue weighted by molar-refractivity contribution is 0.165.